The van der Waals surface area contributed by atoms with Crippen LogP contribution in [0.5, 0.6) is 0 Å². The highest BCUT2D eigenvalue weighted by molar-refractivity contribution is 9.10. The predicted octanol–water partition coefficient (Wildman–Crippen LogP) is 3.21. The highest BCUT2D eigenvalue weighted by atomic mass is 79.9. The number of carbonyl (C=O) groups is 2. The molecule has 1 amide bonds. The van der Waals surface area contributed by atoms with Gasteiger partial charge in [-0.05, 0) is 47.8 Å². The second kappa shape index (κ2) is 8.39. The van der Waals surface area contributed by atoms with Gasteiger partial charge in [0.15, 0.2) is 0 Å². The first-order chi connectivity index (χ1) is 14.5. The Morgan fingerprint density at radius 2 is 1.93 bits per heavy atom. The molecule has 0 N–H and O–H groups in total. The number of rotatable bonds is 4. The second-order valence-electron chi connectivity index (χ2n) is 7.08. The largest absolute Gasteiger partial charge is 0.464 e. The number of piperidine rings is 1. The quantitative estimate of drug-likeness (QED) is 0.535. The van der Waals surface area contributed by atoms with Crippen LogP contribution in [0.3, 0.4) is 0 Å². The van der Waals surface area contributed by atoms with E-state index in [-0.39, 0.29) is 28.2 Å². The number of oxazole rings is 1. The van der Waals surface area contributed by atoms with Crippen molar-refractivity contribution in [2.24, 2.45) is 0 Å². The first kappa shape index (κ1) is 20.3. The average molecular weight is 474 g/mol. The van der Waals surface area contributed by atoms with Gasteiger partial charge in [-0.25, -0.2) is 9.78 Å². The van der Waals surface area contributed by atoms with Gasteiger partial charge < -0.3 is 14.1 Å². The summed E-state index contributed by atoms with van der Waals surface area (Å²) >= 11 is 3.22. The van der Waals surface area contributed by atoms with Crippen LogP contribution >= 0.6 is 15.9 Å². The summed E-state index contributed by atoms with van der Waals surface area (Å²) in [6.07, 6.45) is 4.72. The van der Waals surface area contributed by atoms with E-state index in [2.05, 4.69) is 31.1 Å². The molecule has 4 rings (SSSR count). The molecule has 0 bridgehead atoms. The van der Waals surface area contributed by atoms with Crippen LogP contribution in [0.4, 0.5) is 0 Å². The van der Waals surface area contributed by atoms with Crippen molar-refractivity contribution in [2.75, 3.05) is 13.7 Å². The summed E-state index contributed by atoms with van der Waals surface area (Å²) in [4.78, 5) is 32.8. The summed E-state index contributed by atoms with van der Waals surface area (Å²) < 4.78 is 10.6. The van der Waals surface area contributed by atoms with Gasteiger partial charge in [0, 0.05) is 12.6 Å². The smallest absolute Gasteiger partial charge is 0.361 e. The Kier molecular flexibility index (Phi) is 5.67. The number of halogens is 1. The number of hydrogen-bond donors (Lipinski definition) is 0. The SMILES string of the molecule is COC(=O)c1nc(C2CC[C@@H](C)N(C(=O)c3ccccc3-n3nccn3)C2)oc1Br. The molecule has 10 heteroatoms. The summed E-state index contributed by atoms with van der Waals surface area (Å²) in [7, 11) is 1.29. The van der Waals surface area contributed by atoms with Crippen molar-refractivity contribution in [1.82, 2.24) is 24.9 Å². The summed E-state index contributed by atoms with van der Waals surface area (Å²) in [5.74, 6) is -0.405. The lowest BCUT2D eigenvalue weighted by Crippen LogP contribution is -2.45. The van der Waals surface area contributed by atoms with E-state index in [1.54, 1.807) is 18.5 Å². The Bertz CT molecular complexity index is 1070. The second-order valence-corrected chi connectivity index (χ2v) is 7.80. The summed E-state index contributed by atoms with van der Waals surface area (Å²) in [6.45, 7) is 2.45. The Labute approximate surface area is 181 Å². The predicted molar refractivity (Wildman–Crippen MR) is 109 cm³/mol. The Hall–Kier alpha value is -3.01. The molecule has 9 nitrogen and oxygen atoms in total. The zero-order valence-electron chi connectivity index (χ0n) is 16.5. The van der Waals surface area contributed by atoms with Crippen LogP contribution in [-0.4, -0.2) is 56.5 Å². The molecule has 2 aromatic heterocycles. The van der Waals surface area contributed by atoms with E-state index in [1.165, 1.54) is 11.9 Å². The topological polar surface area (TPSA) is 103 Å². The van der Waals surface area contributed by atoms with Crippen LogP contribution in [-0.2, 0) is 4.74 Å². The van der Waals surface area contributed by atoms with Crippen molar-refractivity contribution in [3.8, 4) is 5.69 Å². The van der Waals surface area contributed by atoms with Crippen LogP contribution in [0.2, 0.25) is 0 Å². The standard InChI is InChI=1S/C20H20BrN5O4/c1-12-7-8-13(18-24-16(17(21)30-18)20(28)29-2)11-25(12)19(27)14-5-3-4-6-15(14)26-22-9-10-23-26/h3-6,9-10,12-13H,7-8,11H2,1-2H3/t12-,13?/m1/s1. The van der Waals surface area contributed by atoms with Gasteiger partial charge in [-0.2, -0.15) is 15.0 Å². The molecule has 1 aliphatic rings. The van der Waals surface area contributed by atoms with Crippen molar-refractivity contribution in [2.45, 2.75) is 31.7 Å². The van der Waals surface area contributed by atoms with Crippen molar-refractivity contribution in [3.05, 3.63) is 58.5 Å². The molecule has 1 aromatic carbocycles. The van der Waals surface area contributed by atoms with Gasteiger partial charge in [0.05, 0.1) is 36.7 Å². The van der Waals surface area contributed by atoms with Crippen molar-refractivity contribution < 1.29 is 18.7 Å². The van der Waals surface area contributed by atoms with Gasteiger partial charge >= 0.3 is 5.97 Å². The third-order valence-corrected chi connectivity index (χ3v) is 5.78. The maximum Gasteiger partial charge on any atom is 0.361 e. The maximum atomic E-state index is 13.5. The maximum absolute atomic E-state index is 13.5. The fourth-order valence-electron chi connectivity index (χ4n) is 3.63. The first-order valence-electron chi connectivity index (χ1n) is 9.50. The van der Waals surface area contributed by atoms with Crippen LogP contribution < -0.4 is 0 Å². The van der Waals surface area contributed by atoms with Gasteiger partial charge in [-0.3, -0.25) is 4.79 Å². The molecule has 2 atom stereocenters. The molecule has 1 saturated heterocycles. The molecule has 1 aliphatic heterocycles. The molecule has 0 aliphatic carbocycles. The minimum Gasteiger partial charge on any atom is -0.464 e. The number of aromatic nitrogens is 4. The number of amides is 1. The van der Waals surface area contributed by atoms with Crippen LogP contribution in [0.15, 0.2) is 45.7 Å². The number of para-hydroxylation sites is 1. The number of ether oxygens (including phenoxy) is 1. The molecule has 1 unspecified atom stereocenters. The Morgan fingerprint density at radius 3 is 2.67 bits per heavy atom. The highest BCUT2D eigenvalue weighted by Crippen LogP contribution is 2.33. The van der Waals surface area contributed by atoms with Crippen molar-refractivity contribution in [1.29, 1.82) is 0 Å². The molecule has 3 aromatic rings. The molecule has 30 heavy (non-hydrogen) atoms. The zero-order chi connectivity index (χ0) is 21.3. The van der Waals surface area contributed by atoms with Gasteiger partial charge in [-0.1, -0.05) is 12.1 Å². The van der Waals surface area contributed by atoms with Gasteiger partial charge in [-0.15, -0.1) is 0 Å². The fourth-order valence-corrected chi connectivity index (χ4v) is 4.05. The van der Waals surface area contributed by atoms with Crippen molar-refractivity contribution in [3.63, 3.8) is 0 Å². The molecule has 1 fully saturated rings. The highest BCUT2D eigenvalue weighted by Gasteiger charge is 2.34. The van der Waals surface area contributed by atoms with Crippen LogP contribution in [0, 0.1) is 0 Å². The molecule has 156 valence electrons. The van der Waals surface area contributed by atoms with E-state index in [0.29, 0.717) is 23.7 Å². The number of nitrogens with zero attached hydrogens (tertiary/aromatic N) is 5. The van der Waals surface area contributed by atoms with E-state index in [0.717, 1.165) is 12.8 Å². The molecule has 3 heterocycles. The Morgan fingerprint density at radius 1 is 1.20 bits per heavy atom. The minimum atomic E-state index is -0.574. The minimum absolute atomic E-state index is 0.0471. The summed E-state index contributed by atoms with van der Waals surface area (Å²) in [6, 6.07) is 7.30. The molecular weight excluding hydrogens is 454 g/mol. The van der Waals surface area contributed by atoms with E-state index in [9.17, 15) is 9.59 Å². The van der Waals surface area contributed by atoms with E-state index >= 15 is 0 Å². The van der Waals surface area contributed by atoms with E-state index < -0.39 is 5.97 Å². The lowest BCUT2D eigenvalue weighted by molar-refractivity contribution is 0.0582. The number of carbonyl (C=O) groups excluding carboxylic acids is 2. The van der Waals surface area contributed by atoms with Crippen LogP contribution in [0.1, 0.15) is 52.4 Å². The number of hydrogen-bond acceptors (Lipinski definition) is 7. The number of likely N-dealkylation sites (tertiary alicyclic amines) is 1. The normalized spacial score (nSPS) is 19.0. The van der Waals surface area contributed by atoms with Crippen molar-refractivity contribution >= 4 is 27.8 Å². The van der Waals surface area contributed by atoms with Crippen LogP contribution in [0.25, 0.3) is 5.69 Å². The Balaban J connectivity index is 1.61. The summed E-state index contributed by atoms with van der Waals surface area (Å²) in [5, 5.41) is 8.31. The zero-order valence-corrected chi connectivity index (χ0v) is 18.1. The van der Waals surface area contributed by atoms with E-state index in [1.807, 2.05) is 30.0 Å². The van der Waals surface area contributed by atoms with Gasteiger partial charge in [0.25, 0.3) is 5.91 Å². The van der Waals surface area contributed by atoms with Gasteiger partial charge in [0.2, 0.25) is 16.3 Å². The molecule has 0 saturated carbocycles. The van der Waals surface area contributed by atoms with Gasteiger partial charge in [0.1, 0.15) is 0 Å². The average Bonchev–Trinajstić information content (AvgIpc) is 3.43. The fraction of sp³-hybridized carbons (Fsp3) is 0.350. The van der Waals surface area contributed by atoms with E-state index in [4.69, 9.17) is 9.15 Å². The number of benzene rings is 1. The number of methoxy groups -OCH3 is 1. The lowest BCUT2D eigenvalue weighted by Gasteiger charge is -2.37. The lowest BCUT2D eigenvalue weighted by atomic mass is 9.92. The third kappa shape index (κ3) is 3.74. The number of esters is 1. The molecule has 0 radical (unpaired) electrons. The third-order valence-electron chi connectivity index (χ3n) is 5.24. The molecular formula is C20H20BrN5O4. The summed E-state index contributed by atoms with van der Waals surface area (Å²) in [5.41, 5.74) is 1.23. The first-order valence-corrected chi connectivity index (χ1v) is 10.3. The molecule has 0 spiro atoms. The monoisotopic (exact) mass is 473 g/mol.